The number of nitrogens with one attached hydrogen (secondary N) is 1. The first-order valence-corrected chi connectivity index (χ1v) is 5.08. The van der Waals surface area contributed by atoms with Crippen LogP contribution in [0, 0.1) is 0 Å². The van der Waals surface area contributed by atoms with Crippen LogP contribution in [0.3, 0.4) is 0 Å². The maximum Gasteiger partial charge on any atom is 0.217 e. The van der Waals surface area contributed by atoms with Gasteiger partial charge in [-0.1, -0.05) is 0 Å². The van der Waals surface area contributed by atoms with Gasteiger partial charge in [0, 0.05) is 14.0 Å². The van der Waals surface area contributed by atoms with E-state index in [9.17, 15) is 9.90 Å². The van der Waals surface area contributed by atoms with Crippen LogP contribution in [0.5, 0.6) is 0 Å². The molecule has 0 bridgehead atoms. The van der Waals surface area contributed by atoms with E-state index in [1.807, 2.05) is 0 Å². The van der Waals surface area contributed by atoms with Crippen LogP contribution in [0.25, 0.3) is 0 Å². The molecule has 0 aromatic heterocycles. The molecule has 5 atom stereocenters. The molecule has 1 aliphatic rings. The molecule has 1 amide bonds. The number of carbonyl (C=O) groups excluding carboxylic acids is 1. The number of ether oxygens (including phenoxy) is 2. The fraction of sp³-hybridized carbons (Fsp3) is 0.889. The molecule has 3 unspecified atom stereocenters. The lowest BCUT2D eigenvalue weighted by Gasteiger charge is -2.40. The van der Waals surface area contributed by atoms with Crippen molar-refractivity contribution in [3.8, 4) is 0 Å². The third-order valence-electron chi connectivity index (χ3n) is 2.64. The fourth-order valence-corrected chi connectivity index (χ4v) is 1.88. The van der Waals surface area contributed by atoms with Gasteiger partial charge in [0.1, 0.15) is 24.4 Å². The molecule has 1 fully saturated rings. The zero-order valence-electron chi connectivity index (χ0n) is 9.42. The van der Waals surface area contributed by atoms with Gasteiger partial charge >= 0.3 is 0 Å². The van der Waals surface area contributed by atoms with E-state index in [1.54, 1.807) is 0 Å². The van der Waals surface area contributed by atoms with Gasteiger partial charge in [0.05, 0.1) is 6.61 Å². The highest BCUT2D eigenvalue weighted by Gasteiger charge is 2.46. The zero-order valence-corrected chi connectivity index (χ0v) is 9.42. The molecular formula is C9H19N2O5+. The Labute approximate surface area is 93.5 Å². The SMILES string of the molecule is CO[C@@H]1C(CO)O[C@@H]([NH3+])C(NC(C)=O)C1O. The molecule has 16 heavy (non-hydrogen) atoms. The van der Waals surface area contributed by atoms with Crippen molar-refractivity contribution in [1.29, 1.82) is 0 Å². The van der Waals surface area contributed by atoms with Crippen molar-refractivity contribution in [2.45, 2.75) is 37.5 Å². The molecule has 0 saturated carbocycles. The van der Waals surface area contributed by atoms with Crippen LogP contribution in [-0.2, 0) is 14.3 Å². The molecule has 0 aromatic carbocycles. The lowest BCUT2D eigenvalue weighted by atomic mass is 9.96. The molecule has 0 radical (unpaired) electrons. The van der Waals surface area contributed by atoms with Crippen LogP contribution < -0.4 is 11.1 Å². The predicted molar refractivity (Wildman–Crippen MR) is 53.0 cm³/mol. The quantitative estimate of drug-likeness (QED) is 0.412. The number of quaternary nitrogens is 1. The molecule has 6 N–H and O–H groups in total. The summed E-state index contributed by atoms with van der Waals surface area (Å²) in [5, 5.41) is 21.6. The number of aliphatic hydroxyl groups excluding tert-OH is 2. The Bertz CT molecular complexity index is 250. The maximum atomic E-state index is 11.0. The van der Waals surface area contributed by atoms with Gasteiger partial charge in [0.2, 0.25) is 12.1 Å². The number of hydrogen-bond donors (Lipinski definition) is 4. The summed E-state index contributed by atoms with van der Waals surface area (Å²) in [5.41, 5.74) is 3.69. The normalized spacial score (nSPS) is 39.4. The van der Waals surface area contributed by atoms with Gasteiger partial charge in [0.25, 0.3) is 0 Å². The lowest BCUT2D eigenvalue weighted by molar-refractivity contribution is -0.520. The number of carbonyl (C=O) groups is 1. The van der Waals surface area contributed by atoms with Gasteiger partial charge in [-0.2, -0.15) is 0 Å². The number of rotatable bonds is 3. The Morgan fingerprint density at radius 3 is 2.69 bits per heavy atom. The monoisotopic (exact) mass is 235 g/mol. The van der Waals surface area contributed by atoms with Gasteiger partial charge in [-0.25, -0.2) is 0 Å². The van der Waals surface area contributed by atoms with Crippen molar-refractivity contribution in [3.05, 3.63) is 0 Å². The average molecular weight is 235 g/mol. The summed E-state index contributed by atoms with van der Waals surface area (Å²) in [7, 11) is 1.41. The van der Waals surface area contributed by atoms with Crippen LogP contribution in [0.15, 0.2) is 0 Å². The fourth-order valence-electron chi connectivity index (χ4n) is 1.88. The van der Waals surface area contributed by atoms with E-state index in [0.717, 1.165) is 0 Å². The van der Waals surface area contributed by atoms with Gasteiger partial charge in [-0.3, -0.25) is 4.79 Å². The molecule has 0 aromatic rings. The summed E-state index contributed by atoms with van der Waals surface area (Å²) < 4.78 is 10.4. The summed E-state index contributed by atoms with van der Waals surface area (Å²) in [6, 6.07) is -0.634. The van der Waals surface area contributed by atoms with Crippen molar-refractivity contribution in [1.82, 2.24) is 5.32 Å². The minimum absolute atomic E-state index is 0.269. The van der Waals surface area contributed by atoms with Gasteiger partial charge in [-0.05, 0) is 0 Å². The smallest absolute Gasteiger partial charge is 0.217 e. The predicted octanol–water partition coefficient (Wildman–Crippen LogP) is -3.17. The second kappa shape index (κ2) is 5.55. The summed E-state index contributed by atoms with van der Waals surface area (Å²) >= 11 is 0. The molecule has 94 valence electrons. The Morgan fingerprint density at radius 1 is 1.62 bits per heavy atom. The number of methoxy groups -OCH3 is 1. The van der Waals surface area contributed by atoms with Crippen LogP contribution in [0.4, 0.5) is 0 Å². The van der Waals surface area contributed by atoms with Crippen molar-refractivity contribution in [2.75, 3.05) is 13.7 Å². The summed E-state index contributed by atoms with van der Waals surface area (Å²) in [5.74, 6) is -0.279. The first-order chi connectivity index (χ1) is 7.51. The topological polar surface area (TPSA) is 116 Å². The van der Waals surface area contributed by atoms with E-state index in [1.165, 1.54) is 14.0 Å². The van der Waals surface area contributed by atoms with Crippen molar-refractivity contribution < 1.29 is 30.2 Å². The van der Waals surface area contributed by atoms with E-state index < -0.39 is 30.6 Å². The van der Waals surface area contributed by atoms with Crippen LogP contribution in [0.1, 0.15) is 6.92 Å². The molecular weight excluding hydrogens is 216 g/mol. The molecule has 0 aliphatic carbocycles. The Hall–Kier alpha value is -0.730. The van der Waals surface area contributed by atoms with E-state index in [0.29, 0.717) is 0 Å². The average Bonchev–Trinajstić information content (AvgIpc) is 2.23. The van der Waals surface area contributed by atoms with E-state index >= 15 is 0 Å². The van der Waals surface area contributed by atoms with Crippen molar-refractivity contribution in [3.63, 3.8) is 0 Å². The van der Waals surface area contributed by atoms with Gasteiger partial charge in [-0.15, -0.1) is 0 Å². The van der Waals surface area contributed by atoms with E-state index in [2.05, 4.69) is 11.1 Å². The van der Waals surface area contributed by atoms with Crippen molar-refractivity contribution >= 4 is 5.91 Å². The highest BCUT2D eigenvalue weighted by atomic mass is 16.6. The molecule has 1 heterocycles. The van der Waals surface area contributed by atoms with Crippen LogP contribution in [-0.4, -0.2) is 60.4 Å². The molecule has 7 heteroatoms. The largest absolute Gasteiger partial charge is 0.394 e. The third kappa shape index (κ3) is 2.69. The molecule has 7 nitrogen and oxygen atoms in total. The maximum absolute atomic E-state index is 11.0. The van der Waals surface area contributed by atoms with Gasteiger partial charge < -0.3 is 30.7 Å². The highest BCUT2D eigenvalue weighted by molar-refractivity contribution is 5.73. The first-order valence-electron chi connectivity index (χ1n) is 5.08. The zero-order chi connectivity index (χ0) is 12.3. The van der Waals surface area contributed by atoms with E-state index in [-0.39, 0.29) is 12.5 Å². The second-order valence-corrected chi connectivity index (χ2v) is 3.81. The Morgan fingerprint density at radius 2 is 2.25 bits per heavy atom. The highest BCUT2D eigenvalue weighted by Crippen LogP contribution is 2.19. The summed E-state index contributed by atoms with van der Waals surface area (Å²) in [6.45, 7) is 1.08. The molecule has 1 rings (SSSR count). The number of amides is 1. The second-order valence-electron chi connectivity index (χ2n) is 3.81. The standard InChI is InChI=1S/C9H18N2O5/c1-4(13)11-6-7(14)8(15-2)5(3-12)16-9(6)10/h5-9,12,14H,3,10H2,1-2H3,(H,11,13)/p+1/t5?,6?,7?,8-,9-/m1/s1. The Kier molecular flexibility index (Phi) is 4.63. The number of hydrogen-bond acceptors (Lipinski definition) is 5. The van der Waals surface area contributed by atoms with Crippen LogP contribution >= 0.6 is 0 Å². The third-order valence-corrected chi connectivity index (χ3v) is 2.64. The molecule has 1 aliphatic heterocycles. The summed E-state index contributed by atoms with van der Waals surface area (Å²) in [6.07, 6.45) is -2.89. The minimum atomic E-state index is -0.956. The first kappa shape index (κ1) is 13.3. The number of aliphatic hydroxyl groups is 2. The van der Waals surface area contributed by atoms with Crippen LogP contribution in [0.2, 0.25) is 0 Å². The molecule has 0 spiro atoms. The lowest BCUT2D eigenvalue weighted by Crippen LogP contribution is -2.79. The van der Waals surface area contributed by atoms with E-state index in [4.69, 9.17) is 14.6 Å². The van der Waals surface area contributed by atoms with Gasteiger partial charge in [0.15, 0.2) is 0 Å². The molecule has 1 saturated heterocycles. The Balaban J connectivity index is 2.76. The minimum Gasteiger partial charge on any atom is -0.394 e. The van der Waals surface area contributed by atoms with Crippen molar-refractivity contribution in [2.24, 2.45) is 0 Å². The summed E-state index contributed by atoms with van der Waals surface area (Å²) in [4.78, 5) is 11.0.